The zero-order valence-corrected chi connectivity index (χ0v) is 12.9. The number of fused-ring (bicyclic) bond motifs is 1. The largest absolute Gasteiger partial charge is 0.496 e. The third kappa shape index (κ3) is 2.28. The molecule has 1 aromatic carbocycles. The Labute approximate surface area is 123 Å². The first-order valence-corrected chi connectivity index (χ1v) is 6.64. The smallest absolute Gasteiger partial charge is 0.416 e. The number of ether oxygens (including phenoxy) is 1. The summed E-state index contributed by atoms with van der Waals surface area (Å²) in [5.41, 5.74) is 1.95. The van der Waals surface area contributed by atoms with Crippen LogP contribution in [0.25, 0.3) is 10.9 Å². The van der Waals surface area contributed by atoms with Crippen molar-refractivity contribution >= 4 is 23.3 Å². The number of aromatic nitrogens is 1. The number of methoxy groups -OCH3 is 1. The number of aldehydes is 1. The lowest BCUT2D eigenvalue weighted by Gasteiger charge is -2.19. The second-order valence-electron chi connectivity index (χ2n) is 6.09. The number of benzene rings is 1. The van der Waals surface area contributed by atoms with Gasteiger partial charge < -0.3 is 9.84 Å². The van der Waals surface area contributed by atoms with Crippen molar-refractivity contribution in [3.8, 4) is 5.75 Å². The van der Waals surface area contributed by atoms with Crippen LogP contribution >= 0.6 is 0 Å². The summed E-state index contributed by atoms with van der Waals surface area (Å²) in [6.07, 6.45) is -0.348. The van der Waals surface area contributed by atoms with Gasteiger partial charge in [0, 0.05) is 16.5 Å². The van der Waals surface area contributed by atoms with Gasteiger partial charge in [-0.05, 0) is 24.6 Å². The third-order valence-electron chi connectivity index (χ3n) is 3.57. The van der Waals surface area contributed by atoms with Gasteiger partial charge in [0.05, 0.1) is 18.2 Å². The lowest BCUT2D eigenvalue weighted by Crippen LogP contribution is -2.21. The number of carbonyl (C=O) groups excluding carboxylic acids is 1. The molecule has 0 amide bonds. The first-order chi connectivity index (χ1) is 9.72. The fourth-order valence-corrected chi connectivity index (χ4v) is 2.62. The Morgan fingerprint density at radius 3 is 2.38 bits per heavy atom. The van der Waals surface area contributed by atoms with Crippen molar-refractivity contribution in [2.75, 3.05) is 7.11 Å². The van der Waals surface area contributed by atoms with E-state index in [1.807, 2.05) is 27.7 Å². The van der Waals surface area contributed by atoms with Crippen LogP contribution in [0, 0.1) is 6.92 Å². The number of rotatable bonds is 2. The van der Waals surface area contributed by atoms with Crippen LogP contribution in [-0.4, -0.2) is 29.2 Å². The second-order valence-corrected chi connectivity index (χ2v) is 6.09. The van der Waals surface area contributed by atoms with Crippen molar-refractivity contribution in [2.24, 2.45) is 0 Å². The van der Waals surface area contributed by atoms with Gasteiger partial charge in [-0.1, -0.05) is 20.8 Å². The minimum atomic E-state index is -1.06. The van der Waals surface area contributed by atoms with E-state index in [-0.39, 0.29) is 5.41 Å². The van der Waals surface area contributed by atoms with Crippen LogP contribution in [0.4, 0.5) is 4.79 Å². The fourth-order valence-electron chi connectivity index (χ4n) is 2.62. The van der Waals surface area contributed by atoms with Crippen LogP contribution in [-0.2, 0) is 5.41 Å². The van der Waals surface area contributed by atoms with E-state index in [2.05, 4.69) is 0 Å². The normalized spacial score (nSPS) is 11.7. The fraction of sp³-hybridized carbons (Fsp3) is 0.375. The molecule has 5 heteroatoms. The van der Waals surface area contributed by atoms with E-state index < -0.39 is 6.09 Å². The van der Waals surface area contributed by atoms with Gasteiger partial charge in [0.2, 0.25) is 0 Å². The maximum Gasteiger partial charge on any atom is 0.416 e. The molecule has 21 heavy (non-hydrogen) atoms. The van der Waals surface area contributed by atoms with Crippen LogP contribution in [0.2, 0.25) is 0 Å². The van der Waals surface area contributed by atoms with Crippen LogP contribution in [0.1, 0.15) is 42.4 Å². The zero-order valence-electron chi connectivity index (χ0n) is 12.9. The highest BCUT2D eigenvalue weighted by atomic mass is 16.5. The molecule has 0 fully saturated rings. The summed E-state index contributed by atoms with van der Waals surface area (Å²) in [5.74, 6) is 0.456. The number of aryl methyl sites for hydroxylation is 1. The molecule has 0 saturated carbocycles. The molecule has 0 unspecified atom stereocenters. The highest BCUT2D eigenvalue weighted by molar-refractivity contribution is 6.04. The standard InChI is InChI=1S/C16H19NO4/c1-9-6-12(21-5)11(8-18)10-7-13(16(2,3)4)17(14(9)10)15(19)20/h6-8H,1-5H3,(H,19,20). The highest BCUT2D eigenvalue weighted by Crippen LogP contribution is 2.36. The van der Waals surface area contributed by atoms with Crippen LogP contribution in [0.15, 0.2) is 12.1 Å². The van der Waals surface area contributed by atoms with Gasteiger partial charge in [-0.3, -0.25) is 4.79 Å². The molecule has 112 valence electrons. The van der Waals surface area contributed by atoms with Gasteiger partial charge in [0.25, 0.3) is 0 Å². The molecule has 1 heterocycles. The van der Waals surface area contributed by atoms with Crippen LogP contribution < -0.4 is 4.74 Å². The summed E-state index contributed by atoms with van der Waals surface area (Å²) in [5, 5.41) is 10.2. The second kappa shape index (κ2) is 4.91. The summed E-state index contributed by atoms with van der Waals surface area (Å²) in [6.45, 7) is 7.63. The molecule has 5 nitrogen and oxygen atoms in total. The van der Waals surface area contributed by atoms with Crippen molar-refractivity contribution in [2.45, 2.75) is 33.1 Å². The van der Waals surface area contributed by atoms with Crippen molar-refractivity contribution in [1.82, 2.24) is 4.57 Å². The van der Waals surface area contributed by atoms with E-state index in [1.54, 1.807) is 12.1 Å². The van der Waals surface area contributed by atoms with Gasteiger partial charge in [0.15, 0.2) is 6.29 Å². The van der Waals surface area contributed by atoms with E-state index in [0.29, 0.717) is 34.2 Å². The molecule has 0 bridgehead atoms. The summed E-state index contributed by atoms with van der Waals surface area (Å²) < 4.78 is 6.49. The zero-order chi connectivity index (χ0) is 15.9. The molecule has 0 spiro atoms. The molecule has 0 aliphatic heterocycles. The Hall–Kier alpha value is -2.30. The predicted octanol–water partition coefficient (Wildman–Crippen LogP) is 3.59. The Bertz CT molecular complexity index is 735. The minimum absolute atomic E-state index is 0.364. The summed E-state index contributed by atoms with van der Waals surface area (Å²) in [7, 11) is 1.49. The van der Waals surface area contributed by atoms with Crippen molar-refractivity contribution in [3.05, 3.63) is 29.0 Å². The van der Waals surface area contributed by atoms with E-state index in [9.17, 15) is 14.7 Å². The van der Waals surface area contributed by atoms with E-state index in [0.717, 1.165) is 5.56 Å². The molecule has 0 radical (unpaired) electrons. The first-order valence-electron chi connectivity index (χ1n) is 6.64. The van der Waals surface area contributed by atoms with Crippen LogP contribution in [0.5, 0.6) is 5.75 Å². The molecular weight excluding hydrogens is 270 g/mol. The SMILES string of the molecule is COc1cc(C)c2c(cc(C(C)(C)C)n2C(=O)O)c1C=O. The molecule has 0 atom stereocenters. The quantitative estimate of drug-likeness (QED) is 0.858. The number of carboxylic acid groups (broad SMARTS) is 1. The Balaban J connectivity index is 3.04. The first kappa shape index (κ1) is 15.1. The molecular formula is C16H19NO4. The van der Waals surface area contributed by atoms with Gasteiger partial charge in [-0.25, -0.2) is 9.36 Å². The van der Waals surface area contributed by atoms with E-state index >= 15 is 0 Å². The Morgan fingerprint density at radius 2 is 1.95 bits per heavy atom. The molecule has 2 rings (SSSR count). The van der Waals surface area contributed by atoms with E-state index in [1.165, 1.54) is 11.7 Å². The topological polar surface area (TPSA) is 68.5 Å². The maximum atomic E-state index is 11.7. The van der Waals surface area contributed by atoms with Crippen LogP contribution in [0.3, 0.4) is 0 Å². The average molecular weight is 289 g/mol. The van der Waals surface area contributed by atoms with Crippen molar-refractivity contribution in [1.29, 1.82) is 0 Å². The molecule has 0 saturated heterocycles. The highest BCUT2D eigenvalue weighted by Gasteiger charge is 2.27. The maximum absolute atomic E-state index is 11.7. The predicted molar refractivity (Wildman–Crippen MR) is 80.7 cm³/mol. The Morgan fingerprint density at radius 1 is 1.33 bits per heavy atom. The molecule has 1 N–H and O–H groups in total. The number of hydrogen-bond acceptors (Lipinski definition) is 3. The average Bonchev–Trinajstić information content (AvgIpc) is 2.79. The molecule has 0 aliphatic rings. The van der Waals surface area contributed by atoms with Gasteiger partial charge in [-0.15, -0.1) is 0 Å². The summed E-state index contributed by atoms with van der Waals surface area (Å²) in [4.78, 5) is 23.1. The van der Waals surface area contributed by atoms with Gasteiger partial charge in [-0.2, -0.15) is 0 Å². The Kier molecular flexibility index (Phi) is 3.53. The van der Waals surface area contributed by atoms with Crippen molar-refractivity contribution in [3.63, 3.8) is 0 Å². The van der Waals surface area contributed by atoms with Crippen molar-refractivity contribution < 1.29 is 19.4 Å². The number of hydrogen-bond donors (Lipinski definition) is 1. The molecule has 0 aliphatic carbocycles. The number of carbonyl (C=O) groups is 2. The lowest BCUT2D eigenvalue weighted by molar-refractivity contribution is 0.112. The van der Waals surface area contributed by atoms with Gasteiger partial charge in [0.1, 0.15) is 5.75 Å². The lowest BCUT2D eigenvalue weighted by atomic mass is 9.92. The molecule has 1 aromatic heterocycles. The molecule has 2 aromatic rings. The van der Waals surface area contributed by atoms with E-state index in [4.69, 9.17) is 4.74 Å². The summed E-state index contributed by atoms with van der Waals surface area (Å²) >= 11 is 0. The van der Waals surface area contributed by atoms with Gasteiger partial charge >= 0.3 is 6.09 Å². The summed E-state index contributed by atoms with van der Waals surface area (Å²) in [6, 6.07) is 3.46. The number of nitrogens with zero attached hydrogens (tertiary/aromatic N) is 1. The third-order valence-corrected chi connectivity index (χ3v) is 3.57. The monoisotopic (exact) mass is 289 g/mol. The minimum Gasteiger partial charge on any atom is -0.496 e.